The number of ether oxygens (including phenoxy) is 1. The Bertz CT molecular complexity index is 1680. The second kappa shape index (κ2) is 10.2. The number of rotatable bonds is 5. The monoisotopic (exact) mass is 537 g/mol. The van der Waals surface area contributed by atoms with Crippen molar-refractivity contribution in [1.29, 1.82) is 0 Å². The van der Waals surface area contributed by atoms with Crippen LogP contribution in [-0.4, -0.2) is 67.2 Å². The molecule has 0 atom stereocenters. The minimum absolute atomic E-state index is 0.285. The molecule has 2 aromatic carbocycles. The van der Waals surface area contributed by atoms with Crippen molar-refractivity contribution in [2.45, 2.75) is 51.6 Å². The number of benzene rings is 2. The van der Waals surface area contributed by atoms with E-state index in [4.69, 9.17) is 15.6 Å². The van der Waals surface area contributed by atoms with Crippen LogP contribution >= 0.6 is 0 Å². The van der Waals surface area contributed by atoms with Crippen LogP contribution in [0.1, 0.15) is 42.9 Å². The van der Waals surface area contributed by atoms with Gasteiger partial charge in [-0.05, 0) is 63.3 Å². The highest BCUT2D eigenvalue weighted by atomic mass is 16.5. The van der Waals surface area contributed by atoms with Gasteiger partial charge >= 0.3 is 0 Å². The lowest BCUT2D eigenvalue weighted by atomic mass is 9.90. The number of nitrogens with two attached hydrogens (primary N) is 1. The van der Waals surface area contributed by atoms with E-state index in [1.54, 1.807) is 6.33 Å². The lowest BCUT2D eigenvalue weighted by Gasteiger charge is -2.38. The van der Waals surface area contributed by atoms with Gasteiger partial charge in [0, 0.05) is 35.8 Å². The van der Waals surface area contributed by atoms with E-state index in [0.29, 0.717) is 11.9 Å². The molecule has 4 heterocycles. The van der Waals surface area contributed by atoms with Gasteiger partial charge in [0.25, 0.3) is 0 Å². The van der Waals surface area contributed by atoms with Gasteiger partial charge in [0.1, 0.15) is 17.8 Å². The zero-order valence-corrected chi connectivity index (χ0v) is 23.0. The highest BCUT2D eigenvalue weighted by Crippen LogP contribution is 2.38. The fourth-order valence-electron chi connectivity index (χ4n) is 6.41. The Morgan fingerprint density at radius 3 is 2.58 bits per heavy atom. The Balaban J connectivity index is 1.19. The van der Waals surface area contributed by atoms with Gasteiger partial charge in [-0.1, -0.05) is 23.8 Å². The molecule has 0 spiro atoms. The van der Waals surface area contributed by atoms with Crippen LogP contribution < -0.4 is 11.1 Å². The summed E-state index contributed by atoms with van der Waals surface area (Å²) in [5, 5.41) is 18.2. The molecule has 7 rings (SSSR count). The molecule has 0 unspecified atom stereocenters. The van der Waals surface area contributed by atoms with Gasteiger partial charge in [-0.3, -0.25) is 10.00 Å². The van der Waals surface area contributed by atoms with E-state index >= 15 is 0 Å². The number of hydrogen-bond donors (Lipinski definition) is 3. The molecule has 10 nitrogen and oxygen atoms in total. The molecule has 1 aliphatic carbocycles. The SMILES string of the molecule is Cc1ccc(Nc2n[nH]c3cc(-c4nn([C@H]5CC[C@H](N6CCOCC6)CC5)c5ncnc(N)c45)ccc23)c(C)c1. The van der Waals surface area contributed by atoms with Crippen LogP contribution in [0, 0.1) is 13.8 Å². The van der Waals surface area contributed by atoms with E-state index in [1.807, 2.05) is 0 Å². The predicted octanol–water partition coefficient (Wildman–Crippen LogP) is 5.13. The summed E-state index contributed by atoms with van der Waals surface area (Å²) in [5.74, 6) is 1.25. The zero-order valence-electron chi connectivity index (χ0n) is 23.0. The topological polar surface area (TPSA) is 123 Å². The molecule has 40 heavy (non-hydrogen) atoms. The highest BCUT2D eigenvalue weighted by molar-refractivity contribution is 6.01. The fourth-order valence-corrected chi connectivity index (χ4v) is 6.41. The van der Waals surface area contributed by atoms with Crippen LogP contribution in [0.5, 0.6) is 0 Å². The first-order valence-electron chi connectivity index (χ1n) is 14.2. The Hall–Kier alpha value is -4.02. The molecule has 4 N–H and O–H groups in total. The summed E-state index contributed by atoms with van der Waals surface area (Å²) in [6.07, 6.45) is 5.98. The number of aromatic nitrogens is 6. The molecule has 5 aromatic rings. The zero-order chi connectivity index (χ0) is 27.2. The van der Waals surface area contributed by atoms with Crippen LogP contribution in [0.25, 0.3) is 33.2 Å². The smallest absolute Gasteiger partial charge is 0.164 e. The average molecular weight is 538 g/mol. The highest BCUT2D eigenvalue weighted by Gasteiger charge is 2.30. The maximum atomic E-state index is 6.43. The van der Waals surface area contributed by atoms with Crippen molar-refractivity contribution in [3.63, 3.8) is 0 Å². The molecular weight excluding hydrogens is 502 g/mol. The minimum Gasteiger partial charge on any atom is -0.383 e. The first kappa shape index (κ1) is 25.0. The van der Waals surface area contributed by atoms with E-state index in [-0.39, 0.29) is 6.04 Å². The summed E-state index contributed by atoms with van der Waals surface area (Å²) in [6.45, 7) is 7.95. The van der Waals surface area contributed by atoms with Crippen LogP contribution in [0.2, 0.25) is 0 Å². The Morgan fingerprint density at radius 1 is 0.975 bits per heavy atom. The number of hydrogen-bond acceptors (Lipinski definition) is 8. The summed E-state index contributed by atoms with van der Waals surface area (Å²) in [4.78, 5) is 11.6. The van der Waals surface area contributed by atoms with Crippen molar-refractivity contribution >= 4 is 39.3 Å². The molecule has 0 radical (unpaired) electrons. The quantitative estimate of drug-likeness (QED) is 0.282. The Morgan fingerprint density at radius 2 is 1.77 bits per heavy atom. The molecule has 1 saturated carbocycles. The first-order chi connectivity index (χ1) is 19.5. The van der Waals surface area contributed by atoms with Crippen LogP contribution in [0.15, 0.2) is 42.7 Å². The summed E-state index contributed by atoms with van der Waals surface area (Å²) in [7, 11) is 0. The maximum absolute atomic E-state index is 6.43. The van der Waals surface area contributed by atoms with Gasteiger partial charge in [-0.15, -0.1) is 0 Å². The molecule has 206 valence electrons. The normalized spacial score (nSPS) is 20.4. The van der Waals surface area contributed by atoms with Crippen LogP contribution in [0.3, 0.4) is 0 Å². The van der Waals surface area contributed by atoms with E-state index in [9.17, 15) is 0 Å². The molecule has 10 heteroatoms. The van der Waals surface area contributed by atoms with Gasteiger partial charge in [-0.2, -0.15) is 10.2 Å². The number of aryl methyl sites for hydroxylation is 2. The number of nitrogen functional groups attached to an aromatic ring is 1. The molecule has 1 aliphatic heterocycles. The lowest BCUT2D eigenvalue weighted by Crippen LogP contribution is -2.45. The van der Waals surface area contributed by atoms with Crippen molar-refractivity contribution < 1.29 is 4.74 Å². The largest absolute Gasteiger partial charge is 0.383 e. The molecule has 2 fully saturated rings. The molecule has 1 saturated heterocycles. The van der Waals surface area contributed by atoms with Crippen molar-refractivity contribution in [3.05, 3.63) is 53.9 Å². The third kappa shape index (κ3) is 4.47. The maximum Gasteiger partial charge on any atom is 0.164 e. The predicted molar refractivity (Wildman–Crippen MR) is 158 cm³/mol. The van der Waals surface area contributed by atoms with Gasteiger partial charge in [0.2, 0.25) is 0 Å². The van der Waals surface area contributed by atoms with Crippen molar-refractivity contribution in [2.24, 2.45) is 0 Å². The Labute approximate surface area is 232 Å². The summed E-state index contributed by atoms with van der Waals surface area (Å²) in [5.41, 5.74) is 13.4. The van der Waals surface area contributed by atoms with E-state index in [1.165, 1.54) is 11.1 Å². The number of aromatic amines is 1. The summed E-state index contributed by atoms with van der Waals surface area (Å²) >= 11 is 0. The standard InChI is InChI=1S/C30H35N9O/c1-18-3-10-24(19(2)15-18)34-29-23-9-4-20(16-25(23)35-36-29)27-26-28(31)32-17-33-30(26)39(37-27)22-7-5-21(6-8-22)38-11-13-40-14-12-38/h3-4,9-10,15-17,21-22H,5-8,11-14H2,1-2H3,(H2,31,32,33)(H2,34,35,36)/t21-,22-. The van der Waals surface area contributed by atoms with Gasteiger partial charge in [0.05, 0.1) is 30.2 Å². The van der Waals surface area contributed by atoms with Crippen LogP contribution in [0.4, 0.5) is 17.3 Å². The van der Waals surface area contributed by atoms with Gasteiger partial charge < -0.3 is 15.8 Å². The lowest BCUT2D eigenvalue weighted by molar-refractivity contribution is 0.00520. The number of morpholine rings is 1. The van der Waals surface area contributed by atoms with Gasteiger partial charge in [0.15, 0.2) is 11.5 Å². The fraction of sp³-hybridized carbons (Fsp3) is 0.400. The van der Waals surface area contributed by atoms with E-state index < -0.39 is 0 Å². The number of nitrogens with zero attached hydrogens (tertiary/aromatic N) is 6. The second-order valence-corrected chi connectivity index (χ2v) is 11.1. The third-order valence-electron chi connectivity index (χ3n) is 8.56. The van der Waals surface area contributed by atoms with Crippen molar-refractivity contribution in [3.8, 4) is 11.3 Å². The number of fused-ring (bicyclic) bond motifs is 2. The number of H-pyrrole nitrogens is 1. The third-order valence-corrected chi connectivity index (χ3v) is 8.56. The first-order valence-corrected chi connectivity index (χ1v) is 14.2. The molecular formula is C30H35N9O. The van der Waals surface area contributed by atoms with Crippen molar-refractivity contribution in [1.82, 2.24) is 34.8 Å². The molecule has 0 amide bonds. The number of anilines is 3. The molecule has 0 bridgehead atoms. The minimum atomic E-state index is 0.285. The number of nitrogens with one attached hydrogen (secondary N) is 2. The van der Waals surface area contributed by atoms with E-state index in [0.717, 1.165) is 96.7 Å². The van der Waals surface area contributed by atoms with Crippen molar-refractivity contribution in [2.75, 3.05) is 37.4 Å². The van der Waals surface area contributed by atoms with Gasteiger partial charge in [-0.25, -0.2) is 14.6 Å². The average Bonchev–Trinajstić information content (AvgIpc) is 3.57. The summed E-state index contributed by atoms with van der Waals surface area (Å²) in [6, 6.07) is 13.5. The second-order valence-electron chi connectivity index (χ2n) is 11.1. The van der Waals surface area contributed by atoms with E-state index in [2.05, 4.69) is 85.3 Å². The van der Waals surface area contributed by atoms with Crippen LogP contribution in [-0.2, 0) is 4.74 Å². The summed E-state index contributed by atoms with van der Waals surface area (Å²) < 4.78 is 7.66. The molecule has 2 aliphatic rings. The molecule has 3 aromatic heterocycles. The Kier molecular flexibility index (Phi) is 6.36.